The Bertz CT molecular complexity index is 667. The molecule has 128 valence electrons. The van der Waals surface area contributed by atoms with Gasteiger partial charge < -0.3 is 20.1 Å². The minimum Gasteiger partial charge on any atom is -0.394 e. The van der Waals surface area contributed by atoms with E-state index in [0.717, 1.165) is 29.9 Å². The third-order valence-electron chi connectivity index (χ3n) is 4.57. The molecule has 3 heterocycles. The lowest BCUT2D eigenvalue weighted by atomic mass is 10.0. The summed E-state index contributed by atoms with van der Waals surface area (Å²) in [5.74, 6) is -1.64. The van der Waals surface area contributed by atoms with Crippen molar-refractivity contribution in [2.24, 2.45) is 0 Å². The average molecular weight is 327 g/mol. The van der Waals surface area contributed by atoms with Crippen molar-refractivity contribution >= 4 is 0 Å². The van der Waals surface area contributed by atoms with Gasteiger partial charge in [-0.3, -0.25) is 19.2 Å². The zero-order valence-corrected chi connectivity index (χ0v) is 12.6. The van der Waals surface area contributed by atoms with Gasteiger partial charge in [0.2, 0.25) is 5.85 Å². The van der Waals surface area contributed by atoms with Crippen LogP contribution >= 0.6 is 0 Å². The minimum absolute atomic E-state index is 0.494. The van der Waals surface area contributed by atoms with E-state index in [1.165, 1.54) is 6.20 Å². The first-order valence-electron chi connectivity index (χ1n) is 7.73. The zero-order valence-electron chi connectivity index (χ0n) is 12.6. The van der Waals surface area contributed by atoms with Crippen LogP contribution in [0.5, 0.6) is 0 Å². The largest absolute Gasteiger partial charge is 0.394 e. The Morgan fingerprint density at radius 1 is 1.26 bits per heavy atom. The third kappa shape index (κ3) is 2.54. The molecule has 4 atom stereocenters. The van der Waals surface area contributed by atoms with Crippen LogP contribution in [0.4, 0.5) is 0 Å². The summed E-state index contributed by atoms with van der Waals surface area (Å²) in [5.41, 5.74) is -1.31. The normalized spacial score (nSPS) is 35.5. The van der Waals surface area contributed by atoms with Gasteiger partial charge in [-0.25, -0.2) is 4.79 Å². The molecule has 1 aromatic heterocycles. The Hall–Kier alpha value is -1.52. The van der Waals surface area contributed by atoms with Crippen molar-refractivity contribution in [3.05, 3.63) is 33.1 Å². The number of rotatable bonds is 3. The standard InChI is InChI=1S/C14H21N3O6/c18-8-9-11(20)12(21)14(23-9,16-5-2-1-3-6-16)17-7-4-10(19)15-13(17)22/h4,7,9,11-12,18,20-21H,1-3,5-6,8H2,(H,15,19,22)/t9-,11-,12-,14+/m1/s1. The maximum Gasteiger partial charge on any atom is 0.331 e. The first-order chi connectivity index (χ1) is 11.0. The molecule has 2 saturated heterocycles. The van der Waals surface area contributed by atoms with Gasteiger partial charge in [-0.15, -0.1) is 0 Å². The molecule has 0 aliphatic carbocycles. The molecule has 4 N–H and O–H groups in total. The van der Waals surface area contributed by atoms with Crippen LogP contribution in [-0.4, -0.2) is 67.8 Å². The first kappa shape index (κ1) is 16.3. The van der Waals surface area contributed by atoms with Crippen LogP contribution in [0, 0.1) is 0 Å². The van der Waals surface area contributed by atoms with Crippen molar-refractivity contribution in [2.75, 3.05) is 19.7 Å². The molecular weight excluding hydrogens is 306 g/mol. The summed E-state index contributed by atoms with van der Waals surface area (Å²) in [4.78, 5) is 27.5. The van der Waals surface area contributed by atoms with Crippen LogP contribution in [0.3, 0.4) is 0 Å². The summed E-state index contributed by atoms with van der Waals surface area (Å²) >= 11 is 0. The molecule has 0 bridgehead atoms. The van der Waals surface area contributed by atoms with E-state index in [1.807, 2.05) is 0 Å². The fraction of sp³-hybridized carbons (Fsp3) is 0.714. The van der Waals surface area contributed by atoms with E-state index in [1.54, 1.807) is 4.90 Å². The summed E-state index contributed by atoms with van der Waals surface area (Å²) in [7, 11) is 0. The number of ether oxygens (including phenoxy) is 1. The highest BCUT2D eigenvalue weighted by atomic mass is 16.6. The molecule has 9 nitrogen and oxygen atoms in total. The van der Waals surface area contributed by atoms with Crippen LogP contribution in [0.2, 0.25) is 0 Å². The van der Waals surface area contributed by atoms with Gasteiger partial charge in [0.1, 0.15) is 18.3 Å². The highest BCUT2D eigenvalue weighted by molar-refractivity contribution is 5.02. The summed E-state index contributed by atoms with van der Waals surface area (Å²) < 4.78 is 6.87. The lowest BCUT2D eigenvalue weighted by Crippen LogP contribution is -2.62. The molecular formula is C14H21N3O6. The van der Waals surface area contributed by atoms with Gasteiger partial charge in [-0.1, -0.05) is 6.42 Å². The summed E-state index contributed by atoms with van der Waals surface area (Å²) in [6.07, 6.45) is 0.166. The van der Waals surface area contributed by atoms with E-state index < -0.39 is 42.0 Å². The Labute approximate surface area is 131 Å². The second kappa shape index (κ2) is 6.17. The highest BCUT2D eigenvalue weighted by Gasteiger charge is 2.59. The summed E-state index contributed by atoms with van der Waals surface area (Å²) in [6, 6.07) is 1.15. The topological polar surface area (TPSA) is 128 Å². The van der Waals surface area contributed by atoms with Crippen LogP contribution in [0.25, 0.3) is 0 Å². The van der Waals surface area contributed by atoms with Crippen molar-refractivity contribution in [3.8, 4) is 0 Å². The van der Waals surface area contributed by atoms with E-state index >= 15 is 0 Å². The number of aromatic nitrogens is 2. The van der Waals surface area contributed by atoms with Crippen LogP contribution < -0.4 is 11.2 Å². The highest BCUT2D eigenvalue weighted by Crippen LogP contribution is 2.39. The van der Waals surface area contributed by atoms with Crippen LogP contribution in [-0.2, 0) is 10.6 Å². The van der Waals surface area contributed by atoms with E-state index in [9.17, 15) is 24.9 Å². The van der Waals surface area contributed by atoms with Crippen molar-refractivity contribution in [1.82, 2.24) is 14.5 Å². The molecule has 0 saturated carbocycles. The smallest absolute Gasteiger partial charge is 0.331 e. The summed E-state index contributed by atoms with van der Waals surface area (Å²) in [6.45, 7) is 0.632. The van der Waals surface area contributed by atoms with E-state index in [-0.39, 0.29) is 0 Å². The summed E-state index contributed by atoms with van der Waals surface area (Å²) in [5, 5.41) is 30.2. The first-order valence-corrected chi connectivity index (χ1v) is 7.73. The van der Waals surface area contributed by atoms with Crippen molar-refractivity contribution in [3.63, 3.8) is 0 Å². The van der Waals surface area contributed by atoms with Crippen molar-refractivity contribution < 1.29 is 20.1 Å². The molecule has 9 heteroatoms. The molecule has 23 heavy (non-hydrogen) atoms. The molecule has 3 rings (SSSR count). The number of H-pyrrole nitrogens is 1. The molecule has 0 amide bonds. The quantitative estimate of drug-likeness (QED) is 0.493. The molecule has 0 unspecified atom stereocenters. The fourth-order valence-electron chi connectivity index (χ4n) is 3.43. The maximum atomic E-state index is 12.3. The number of nitrogens with one attached hydrogen (secondary N) is 1. The van der Waals surface area contributed by atoms with Gasteiger partial charge in [-0.2, -0.15) is 0 Å². The van der Waals surface area contributed by atoms with Crippen LogP contribution in [0.1, 0.15) is 19.3 Å². The minimum atomic E-state index is -1.64. The number of aliphatic hydroxyl groups excluding tert-OH is 3. The number of piperidine rings is 1. The number of aliphatic hydroxyl groups is 3. The predicted octanol–water partition coefficient (Wildman–Crippen LogP) is -2.25. The number of nitrogens with zero attached hydrogens (tertiary/aromatic N) is 2. The maximum absolute atomic E-state index is 12.3. The van der Waals surface area contributed by atoms with Gasteiger partial charge >= 0.3 is 5.69 Å². The average Bonchev–Trinajstić information content (AvgIpc) is 2.81. The predicted molar refractivity (Wildman–Crippen MR) is 78.7 cm³/mol. The molecule has 2 fully saturated rings. The number of likely N-dealkylation sites (tertiary alicyclic amines) is 1. The Balaban J connectivity index is 2.14. The third-order valence-corrected chi connectivity index (χ3v) is 4.57. The van der Waals surface area contributed by atoms with Gasteiger partial charge in [0.05, 0.1) is 6.61 Å². The molecule has 2 aliphatic heterocycles. The van der Waals surface area contributed by atoms with Gasteiger partial charge in [0.25, 0.3) is 5.56 Å². The van der Waals surface area contributed by atoms with Crippen molar-refractivity contribution in [2.45, 2.75) is 43.4 Å². The van der Waals surface area contributed by atoms with Gasteiger partial charge in [0.15, 0.2) is 0 Å². The Morgan fingerprint density at radius 3 is 2.52 bits per heavy atom. The zero-order chi connectivity index (χ0) is 16.6. The van der Waals surface area contributed by atoms with Gasteiger partial charge in [0, 0.05) is 25.4 Å². The monoisotopic (exact) mass is 327 g/mol. The lowest BCUT2D eigenvalue weighted by molar-refractivity contribution is -0.249. The van der Waals surface area contributed by atoms with Crippen LogP contribution in [0.15, 0.2) is 21.9 Å². The number of hydrogen-bond acceptors (Lipinski definition) is 7. The number of aromatic amines is 1. The molecule has 0 aromatic carbocycles. The second-order valence-corrected chi connectivity index (χ2v) is 5.96. The Morgan fingerprint density at radius 2 is 1.96 bits per heavy atom. The van der Waals surface area contributed by atoms with E-state index in [4.69, 9.17) is 4.74 Å². The van der Waals surface area contributed by atoms with E-state index in [0.29, 0.717) is 13.1 Å². The number of hydrogen-bond donors (Lipinski definition) is 4. The second-order valence-electron chi connectivity index (χ2n) is 5.96. The van der Waals surface area contributed by atoms with Gasteiger partial charge in [-0.05, 0) is 12.8 Å². The molecule has 1 aromatic rings. The molecule has 0 radical (unpaired) electrons. The van der Waals surface area contributed by atoms with Crippen molar-refractivity contribution in [1.29, 1.82) is 0 Å². The van der Waals surface area contributed by atoms with E-state index in [2.05, 4.69) is 4.98 Å². The molecule has 2 aliphatic rings. The SMILES string of the molecule is O=c1ccn([C@]2(N3CCCCC3)O[C@H](CO)[C@@H](O)[C@H]2O)c(=O)[nH]1. The Kier molecular flexibility index (Phi) is 4.39. The molecule has 0 spiro atoms. The fourth-order valence-corrected chi connectivity index (χ4v) is 3.43. The lowest BCUT2D eigenvalue weighted by Gasteiger charge is -2.44.